The van der Waals surface area contributed by atoms with Crippen LogP contribution < -0.4 is 0 Å². The molecule has 1 amide bonds. The number of carbonyl (C=O) groups is 2. The second-order valence-electron chi connectivity index (χ2n) is 5.59. The van der Waals surface area contributed by atoms with Crippen molar-refractivity contribution in [2.45, 2.75) is 25.8 Å². The third-order valence-corrected chi connectivity index (χ3v) is 4.06. The normalized spacial score (nSPS) is 13.8. The smallest absolute Gasteiger partial charge is 0.323 e. The lowest BCUT2D eigenvalue weighted by molar-refractivity contribution is -0.137. The van der Waals surface area contributed by atoms with Crippen LogP contribution in [0.2, 0.25) is 5.02 Å². The standard InChI is InChI=1S/C16H16ClN3O3/c1-10-8-13(16(23)19(9-15(21)22)11-6-7-11)18-20(10)14-5-3-2-4-12(14)17/h2-5,8,11H,6-7,9H2,1H3,(H,21,22). The molecular weight excluding hydrogens is 318 g/mol. The summed E-state index contributed by atoms with van der Waals surface area (Å²) < 4.78 is 1.60. The highest BCUT2D eigenvalue weighted by molar-refractivity contribution is 6.32. The lowest BCUT2D eigenvalue weighted by Gasteiger charge is -2.18. The number of benzene rings is 1. The second kappa shape index (κ2) is 6.04. The minimum absolute atomic E-state index is 0.00405. The highest BCUT2D eigenvalue weighted by Crippen LogP contribution is 2.28. The first-order chi connectivity index (χ1) is 11.0. The molecule has 6 nitrogen and oxygen atoms in total. The Morgan fingerprint density at radius 3 is 2.70 bits per heavy atom. The van der Waals surface area contributed by atoms with E-state index in [2.05, 4.69) is 5.10 Å². The Morgan fingerprint density at radius 2 is 2.09 bits per heavy atom. The largest absolute Gasteiger partial charge is 0.480 e. The van der Waals surface area contributed by atoms with Crippen LogP contribution in [0.15, 0.2) is 30.3 Å². The van der Waals surface area contributed by atoms with E-state index in [1.54, 1.807) is 16.8 Å². The maximum atomic E-state index is 12.6. The molecule has 1 aromatic carbocycles. The molecule has 23 heavy (non-hydrogen) atoms. The van der Waals surface area contributed by atoms with E-state index in [1.165, 1.54) is 4.90 Å². The predicted octanol–water partition coefficient (Wildman–Crippen LogP) is 2.52. The zero-order chi connectivity index (χ0) is 16.6. The fraction of sp³-hybridized carbons (Fsp3) is 0.312. The number of halogens is 1. The molecule has 2 aromatic rings. The Kier molecular flexibility index (Phi) is 4.09. The molecule has 1 fully saturated rings. The minimum Gasteiger partial charge on any atom is -0.480 e. The van der Waals surface area contributed by atoms with E-state index in [1.807, 2.05) is 25.1 Å². The number of hydrogen-bond acceptors (Lipinski definition) is 3. The zero-order valence-electron chi connectivity index (χ0n) is 12.6. The number of carboxylic acids is 1. The van der Waals surface area contributed by atoms with Crippen molar-refractivity contribution < 1.29 is 14.7 Å². The second-order valence-corrected chi connectivity index (χ2v) is 6.00. The van der Waals surface area contributed by atoms with Gasteiger partial charge in [0.25, 0.3) is 5.91 Å². The van der Waals surface area contributed by atoms with Gasteiger partial charge in [0.15, 0.2) is 5.69 Å². The molecule has 0 unspecified atom stereocenters. The number of hydrogen-bond donors (Lipinski definition) is 1. The van der Waals surface area contributed by atoms with Gasteiger partial charge in [0, 0.05) is 11.7 Å². The number of carbonyl (C=O) groups excluding carboxylic acids is 1. The molecule has 0 spiro atoms. The van der Waals surface area contributed by atoms with Gasteiger partial charge in [-0.25, -0.2) is 4.68 Å². The molecule has 1 saturated carbocycles. The van der Waals surface area contributed by atoms with Crippen LogP contribution in [0.3, 0.4) is 0 Å². The van der Waals surface area contributed by atoms with Crippen LogP contribution >= 0.6 is 11.6 Å². The minimum atomic E-state index is -1.02. The molecule has 0 bridgehead atoms. The van der Waals surface area contributed by atoms with E-state index in [9.17, 15) is 9.59 Å². The van der Waals surface area contributed by atoms with Crippen molar-refractivity contribution in [2.75, 3.05) is 6.54 Å². The van der Waals surface area contributed by atoms with Gasteiger partial charge in [0.05, 0.1) is 10.7 Å². The third kappa shape index (κ3) is 3.22. The number of carboxylic acid groups (broad SMARTS) is 1. The lowest BCUT2D eigenvalue weighted by Crippen LogP contribution is -2.37. The summed E-state index contributed by atoms with van der Waals surface area (Å²) in [5, 5.41) is 13.9. The molecule has 0 atom stereocenters. The van der Waals surface area contributed by atoms with E-state index in [4.69, 9.17) is 16.7 Å². The highest BCUT2D eigenvalue weighted by Gasteiger charge is 2.35. The fourth-order valence-corrected chi connectivity index (χ4v) is 2.71. The molecule has 3 rings (SSSR count). The predicted molar refractivity (Wildman–Crippen MR) is 85.0 cm³/mol. The average Bonchev–Trinajstić information content (AvgIpc) is 3.27. The number of rotatable bonds is 5. The summed E-state index contributed by atoms with van der Waals surface area (Å²) in [6.45, 7) is 1.52. The zero-order valence-corrected chi connectivity index (χ0v) is 13.3. The molecule has 1 aliphatic carbocycles. The van der Waals surface area contributed by atoms with Gasteiger partial charge < -0.3 is 10.0 Å². The number of amides is 1. The van der Waals surface area contributed by atoms with E-state index < -0.39 is 5.97 Å². The molecule has 1 N–H and O–H groups in total. The van der Waals surface area contributed by atoms with Crippen LogP contribution in [-0.2, 0) is 4.79 Å². The Labute approximate surface area is 138 Å². The van der Waals surface area contributed by atoms with E-state index >= 15 is 0 Å². The lowest BCUT2D eigenvalue weighted by atomic mass is 10.3. The number of aryl methyl sites for hydroxylation is 1. The van der Waals surface area contributed by atoms with Crippen molar-refractivity contribution in [1.82, 2.24) is 14.7 Å². The molecule has 1 aromatic heterocycles. The molecule has 0 radical (unpaired) electrons. The van der Waals surface area contributed by atoms with Gasteiger partial charge in [-0.3, -0.25) is 9.59 Å². The summed E-state index contributed by atoms with van der Waals surface area (Å²) in [6, 6.07) is 8.88. The van der Waals surface area contributed by atoms with Crippen molar-refractivity contribution in [1.29, 1.82) is 0 Å². The van der Waals surface area contributed by atoms with Crippen molar-refractivity contribution >= 4 is 23.5 Å². The van der Waals surface area contributed by atoms with Gasteiger partial charge in [-0.05, 0) is 38.0 Å². The highest BCUT2D eigenvalue weighted by atomic mass is 35.5. The van der Waals surface area contributed by atoms with Crippen molar-refractivity contribution in [3.63, 3.8) is 0 Å². The third-order valence-electron chi connectivity index (χ3n) is 3.74. The van der Waals surface area contributed by atoms with Crippen molar-refractivity contribution in [3.8, 4) is 5.69 Å². The topological polar surface area (TPSA) is 75.4 Å². The summed E-state index contributed by atoms with van der Waals surface area (Å²) in [5.74, 6) is -1.38. The summed E-state index contributed by atoms with van der Waals surface area (Å²) in [5.41, 5.74) is 1.67. The Bertz CT molecular complexity index is 768. The average molecular weight is 334 g/mol. The van der Waals surface area contributed by atoms with Crippen molar-refractivity contribution in [2.24, 2.45) is 0 Å². The molecular formula is C16H16ClN3O3. The van der Waals surface area contributed by atoms with Crippen LogP contribution in [0.1, 0.15) is 29.0 Å². The van der Waals surface area contributed by atoms with Crippen molar-refractivity contribution in [3.05, 3.63) is 46.7 Å². The first kappa shape index (κ1) is 15.6. The van der Waals surface area contributed by atoms with E-state index in [0.717, 1.165) is 18.5 Å². The monoisotopic (exact) mass is 333 g/mol. The van der Waals surface area contributed by atoms with Crippen LogP contribution in [-0.4, -0.2) is 44.3 Å². The summed E-state index contributed by atoms with van der Waals surface area (Å²) >= 11 is 6.18. The SMILES string of the molecule is Cc1cc(C(=O)N(CC(=O)O)C2CC2)nn1-c1ccccc1Cl. The van der Waals surface area contributed by atoms with E-state index in [-0.39, 0.29) is 24.2 Å². The van der Waals surface area contributed by atoms with Gasteiger partial charge in [0.2, 0.25) is 0 Å². The van der Waals surface area contributed by atoms with Gasteiger partial charge in [-0.2, -0.15) is 5.10 Å². The molecule has 1 heterocycles. The first-order valence-corrected chi connectivity index (χ1v) is 7.69. The first-order valence-electron chi connectivity index (χ1n) is 7.31. The van der Waals surface area contributed by atoms with Gasteiger partial charge in [-0.15, -0.1) is 0 Å². The Hall–Kier alpha value is -2.34. The maximum Gasteiger partial charge on any atom is 0.323 e. The molecule has 1 aliphatic rings. The molecule has 7 heteroatoms. The van der Waals surface area contributed by atoms with Crippen LogP contribution in [0.25, 0.3) is 5.69 Å². The molecule has 120 valence electrons. The quantitative estimate of drug-likeness (QED) is 0.912. The maximum absolute atomic E-state index is 12.6. The van der Waals surface area contributed by atoms with Crippen LogP contribution in [0, 0.1) is 6.92 Å². The van der Waals surface area contributed by atoms with E-state index in [0.29, 0.717) is 10.7 Å². The summed E-state index contributed by atoms with van der Waals surface area (Å²) in [7, 11) is 0. The summed E-state index contributed by atoms with van der Waals surface area (Å²) in [6.07, 6.45) is 1.67. The fourth-order valence-electron chi connectivity index (χ4n) is 2.49. The number of aromatic nitrogens is 2. The molecule has 0 saturated heterocycles. The Morgan fingerprint density at radius 1 is 1.39 bits per heavy atom. The number of para-hydroxylation sites is 1. The number of nitrogens with zero attached hydrogens (tertiary/aromatic N) is 3. The van der Waals surface area contributed by atoms with Gasteiger partial charge in [-0.1, -0.05) is 23.7 Å². The van der Waals surface area contributed by atoms with Crippen LogP contribution in [0.4, 0.5) is 0 Å². The summed E-state index contributed by atoms with van der Waals surface area (Å²) in [4.78, 5) is 25.0. The van der Waals surface area contributed by atoms with Gasteiger partial charge in [0.1, 0.15) is 6.54 Å². The van der Waals surface area contributed by atoms with Gasteiger partial charge >= 0.3 is 5.97 Å². The molecule has 0 aliphatic heterocycles. The van der Waals surface area contributed by atoms with Crippen LogP contribution in [0.5, 0.6) is 0 Å². The Balaban J connectivity index is 1.92. The number of aliphatic carboxylic acids is 1.